The van der Waals surface area contributed by atoms with Crippen molar-refractivity contribution in [3.63, 3.8) is 0 Å². The molecule has 2 saturated heterocycles. The lowest BCUT2D eigenvalue weighted by atomic mass is 10.00. The number of likely N-dealkylation sites (tertiary alicyclic amines) is 2. The van der Waals surface area contributed by atoms with Gasteiger partial charge < -0.3 is 15.0 Å². The van der Waals surface area contributed by atoms with Gasteiger partial charge in [0.2, 0.25) is 5.56 Å². The summed E-state index contributed by atoms with van der Waals surface area (Å²) < 4.78 is 26.4. The Balaban J connectivity index is 1.60. The maximum absolute atomic E-state index is 13.2. The summed E-state index contributed by atoms with van der Waals surface area (Å²) in [7, 11) is 0. The molecule has 0 spiro atoms. The number of alkyl halides is 2. The molecule has 0 radical (unpaired) electrons. The number of hydrogen-bond donors (Lipinski definition) is 2. The molecule has 8 heteroatoms. The number of rotatable bonds is 3. The number of halogens is 2. The molecule has 0 saturated carbocycles. The van der Waals surface area contributed by atoms with Gasteiger partial charge in [-0.15, -0.1) is 0 Å². The number of hydrogen-bond acceptors (Lipinski definition) is 4. The van der Waals surface area contributed by atoms with E-state index < -0.39 is 11.5 Å². The molecule has 0 unspecified atom stereocenters. The number of piperidine rings is 1. The number of aromatic amines is 1. The number of β-amino-alcohol motifs (C(OH)–C–C–N with tert-alkyl or cyclic N) is 1. The summed E-state index contributed by atoms with van der Waals surface area (Å²) in [5, 5.41) is 10.7. The van der Waals surface area contributed by atoms with Crippen molar-refractivity contribution in [1.29, 1.82) is 0 Å². The van der Waals surface area contributed by atoms with Gasteiger partial charge in [0.05, 0.1) is 12.1 Å². The van der Waals surface area contributed by atoms with Crippen molar-refractivity contribution in [3.8, 4) is 0 Å². The number of pyridine rings is 1. The number of H-pyrrole nitrogens is 1. The predicted octanol–water partition coefficient (Wildman–Crippen LogP) is 0.683. The molecule has 1 aromatic rings. The molecule has 2 fully saturated rings. The van der Waals surface area contributed by atoms with E-state index in [1.54, 1.807) is 0 Å². The Morgan fingerprint density at radius 2 is 1.92 bits per heavy atom. The standard InChI is InChI=1S/C16H21F2N3O3/c17-16(18)5-7-20(8-6-16)10-15(24)4-9-21(11-15)14(23)12-2-1-3-13(22)19-12/h1-3,24H,4-11H2,(H,19,22)/t15-/m1/s1. The number of aliphatic hydroxyl groups is 1. The maximum Gasteiger partial charge on any atom is 0.270 e. The molecule has 6 nitrogen and oxygen atoms in total. The zero-order valence-electron chi connectivity index (χ0n) is 13.3. The van der Waals surface area contributed by atoms with Crippen LogP contribution in [0, 0.1) is 0 Å². The summed E-state index contributed by atoms with van der Waals surface area (Å²) >= 11 is 0. The fourth-order valence-electron chi connectivity index (χ4n) is 3.36. The SMILES string of the molecule is O=C(c1cccc(=O)[nH]1)N1CC[C@@](O)(CN2CCC(F)(F)CC2)C1. The summed E-state index contributed by atoms with van der Waals surface area (Å²) in [6, 6.07) is 4.35. The second kappa shape index (κ2) is 6.25. The highest BCUT2D eigenvalue weighted by molar-refractivity contribution is 5.92. The Morgan fingerprint density at radius 1 is 1.21 bits per heavy atom. The molecular weight excluding hydrogens is 320 g/mol. The fourth-order valence-corrected chi connectivity index (χ4v) is 3.36. The quantitative estimate of drug-likeness (QED) is 0.848. The van der Waals surface area contributed by atoms with Crippen LogP contribution in [-0.2, 0) is 0 Å². The van der Waals surface area contributed by atoms with Gasteiger partial charge in [0.15, 0.2) is 0 Å². The Kier molecular flexibility index (Phi) is 4.44. The molecule has 2 N–H and O–H groups in total. The molecule has 3 heterocycles. The summed E-state index contributed by atoms with van der Waals surface area (Å²) in [5.41, 5.74) is -1.27. The van der Waals surface area contributed by atoms with Gasteiger partial charge in [-0.1, -0.05) is 6.07 Å². The van der Waals surface area contributed by atoms with Crippen LogP contribution >= 0.6 is 0 Å². The van der Waals surface area contributed by atoms with E-state index in [2.05, 4.69) is 4.98 Å². The van der Waals surface area contributed by atoms with E-state index in [9.17, 15) is 23.5 Å². The number of aromatic nitrogens is 1. The lowest BCUT2D eigenvalue weighted by Crippen LogP contribution is -2.49. The summed E-state index contributed by atoms with van der Waals surface area (Å²) in [5.74, 6) is -2.95. The van der Waals surface area contributed by atoms with Gasteiger partial charge in [0.1, 0.15) is 5.69 Å². The Labute approximate surface area is 138 Å². The highest BCUT2D eigenvalue weighted by Crippen LogP contribution is 2.30. The van der Waals surface area contributed by atoms with Crippen molar-refractivity contribution < 1.29 is 18.7 Å². The van der Waals surface area contributed by atoms with Gasteiger partial charge >= 0.3 is 0 Å². The average molecular weight is 341 g/mol. The molecule has 24 heavy (non-hydrogen) atoms. The molecule has 1 amide bonds. The monoisotopic (exact) mass is 341 g/mol. The summed E-state index contributed by atoms with van der Waals surface area (Å²) in [4.78, 5) is 29.5. The lowest BCUT2D eigenvalue weighted by molar-refractivity contribution is -0.0720. The van der Waals surface area contributed by atoms with E-state index in [4.69, 9.17) is 0 Å². The van der Waals surface area contributed by atoms with Gasteiger partial charge in [0, 0.05) is 45.1 Å². The molecule has 0 aliphatic carbocycles. The molecule has 0 aromatic carbocycles. The first-order valence-corrected chi connectivity index (χ1v) is 8.08. The van der Waals surface area contributed by atoms with Crippen LogP contribution in [0.2, 0.25) is 0 Å². The van der Waals surface area contributed by atoms with Gasteiger partial charge in [-0.2, -0.15) is 0 Å². The van der Waals surface area contributed by atoms with Crippen molar-refractivity contribution in [2.75, 3.05) is 32.7 Å². The van der Waals surface area contributed by atoms with E-state index in [0.717, 1.165) is 0 Å². The number of carbonyl (C=O) groups is 1. The van der Waals surface area contributed by atoms with Crippen molar-refractivity contribution in [1.82, 2.24) is 14.8 Å². The van der Waals surface area contributed by atoms with Gasteiger partial charge in [-0.05, 0) is 12.5 Å². The topological polar surface area (TPSA) is 76.6 Å². The van der Waals surface area contributed by atoms with Crippen molar-refractivity contribution in [3.05, 3.63) is 34.2 Å². The van der Waals surface area contributed by atoms with Crippen LogP contribution in [0.15, 0.2) is 23.0 Å². The molecule has 3 rings (SSSR count). The molecule has 1 aromatic heterocycles. The molecule has 0 bridgehead atoms. The van der Waals surface area contributed by atoms with Crippen LogP contribution in [-0.4, -0.2) is 70.0 Å². The Hall–Kier alpha value is -1.80. The number of nitrogens with zero attached hydrogens (tertiary/aromatic N) is 2. The van der Waals surface area contributed by atoms with Crippen molar-refractivity contribution >= 4 is 5.91 Å². The third-order valence-electron chi connectivity index (χ3n) is 4.72. The lowest BCUT2D eigenvalue weighted by Gasteiger charge is -2.36. The average Bonchev–Trinajstić information content (AvgIpc) is 2.91. The normalized spacial score (nSPS) is 27.4. The highest BCUT2D eigenvalue weighted by Gasteiger charge is 2.42. The van der Waals surface area contributed by atoms with Gasteiger partial charge in [-0.3, -0.25) is 14.5 Å². The highest BCUT2D eigenvalue weighted by atomic mass is 19.3. The fraction of sp³-hybridized carbons (Fsp3) is 0.625. The van der Waals surface area contributed by atoms with E-state index in [-0.39, 0.29) is 56.2 Å². The number of nitrogens with one attached hydrogen (secondary N) is 1. The first-order chi connectivity index (χ1) is 11.3. The van der Waals surface area contributed by atoms with E-state index >= 15 is 0 Å². The first-order valence-electron chi connectivity index (χ1n) is 8.08. The van der Waals surface area contributed by atoms with Crippen LogP contribution in [0.1, 0.15) is 29.8 Å². The van der Waals surface area contributed by atoms with E-state index in [1.165, 1.54) is 23.1 Å². The van der Waals surface area contributed by atoms with Crippen LogP contribution in [0.25, 0.3) is 0 Å². The summed E-state index contributed by atoms with van der Waals surface area (Å²) in [6.45, 7) is 1.27. The molecule has 2 aliphatic heterocycles. The van der Waals surface area contributed by atoms with E-state index in [1.807, 2.05) is 4.90 Å². The summed E-state index contributed by atoms with van der Waals surface area (Å²) in [6.07, 6.45) is -0.00332. The first kappa shape index (κ1) is 17.0. The minimum absolute atomic E-state index is 0.135. The largest absolute Gasteiger partial charge is 0.387 e. The van der Waals surface area contributed by atoms with Crippen molar-refractivity contribution in [2.24, 2.45) is 0 Å². The third kappa shape index (κ3) is 3.81. The minimum atomic E-state index is -2.62. The van der Waals surface area contributed by atoms with Crippen LogP contribution in [0.4, 0.5) is 8.78 Å². The predicted molar refractivity (Wildman–Crippen MR) is 83.2 cm³/mol. The van der Waals surface area contributed by atoms with Crippen LogP contribution in [0.5, 0.6) is 0 Å². The molecule has 2 aliphatic rings. The zero-order chi connectivity index (χ0) is 17.4. The maximum atomic E-state index is 13.2. The zero-order valence-corrected chi connectivity index (χ0v) is 13.3. The van der Waals surface area contributed by atoms with Gasteiger partial charge in [-0.25, -0.2) is 8.78 Å². The second-order valence-corrected chi connectivity index (χ2v) is 6.76. The van der Waals surface area contributed by atoms with Gasteiger partial charge in [0.25, 0.3) is 11.8 Å². The molecule has 132 valence electrons. The van der Waals surface area contributed by atoms with Crippen LogP contribution < -0.4 is 5.56 Å². The Bertz CT molecular complexity index is 669. The second-order valence-electron chi connectivity index (χ2n) is 6.76. The van der Waals surface area contributed by atoms with E-state index in [0.29, 0.717) is 13.0 Å². The minimum Gasteiger partial charge on any atom is -0.387 e. The number of carbonyl (C=O) groups excluding carboxylic acids is 1. The molecule has 1 atom stereocenters. The molecular formula is C16H21F2N3O3. The smallest absolute Gasteiger partial charge is 0.270 e. The van der Waals surface area contributed by atoms with Crippen LogP contribution in [0.3, 0.4) is 0 Å². The number of amides is 1. The Morgan fingerprint density at radius 3 is 2.58 bits per heavy atom. The third-order valence-corrected chi connectivity index (χ3v) is 4.72. The van der Waals surface area contributed by atoms with Crippen molar-refractivity contribution in [2.45, 2.75) is 30.8 Å².